The molecule has 1 unspecified atom stereocenters. The molecule has 0 fully saturated rings. The molecule has 3 aromatic carbocycles. The zero-order valence-corrected chi connectivity index (χ0v) is 21.7. The lowest BCUT2D eigenvalue weighted by Gasteiger charge is -2.35. The maximum atomic E-state index is 13.9. The Hall–Kier alpha value is -3.31. The van der Waals surface area contributed by atoms with Crippen LogP contribution in [0.5, 0.6) is 0 Å². The lowest BCUT2D eigenvalue weighted by atomic mass is 9.99. The number of sulfonamides is 1. The highest BCUT2D eigenvalue weighted by Gasteiger charge is 2.35. The van der Waals surface area contributed by atoms with E-state index in [1.807, 2.05) is 18.2 Å². The van der Waals surface area contributed by atoms with Crippen LogP contribution in [-0.4, -0.2) is 43.5 Å². The second-order valence-corrected chi connectivity index (χ2v) is 10.8. The van der Waals surface area contributed by atoms with E-state index in [0.29, 0.717) is 12.1 Å². The van der Waals surface area contributed by atoms with Crippen LogP contribution in [0.4, 0.5) is 8.78 Å². The summed E-state index contributed by atoms with van der Waals surface area (Å²) >= 11 is 0. The summed E-state index contributed by atoms with van der Waals surface area (Å²) in [5, 5.41) is 14.4. The van der Waals surface area contributed by atoms with Crippen LogP contribution in [0.25, 0.3) is 0 Å². The highest BCUT2D eigenvalue weighted by atomic mass is 32.2. The maximum Gasteiger partial charge on any atom is 0.245 e. The van der Waals surface area contributed by atoms with Crippen molar-refractivity contribution in [3.05, 3.63) is 114 Å². The van der Waals surface area contributed by atoms with Crippen LogP contribution in [-0.2, 0) is 34.1 Å². The number of nitrogens with one attached hydrogen (secondary N) is 2. The number of nitrogens with zero attached hydrogens (tertiary/aromatic N) is 1. The van der Waals surface area contributed by atoms with Crippen LogP contribution in [0.15, 0.2) is 90.2 Å². The monoisotopic (exact) mass is 543 g/mol. The number of rotatable bonds is 12. The average Bonchev–Trinajstić information content (AvgIpc) is 3.34. The van der Waals surface area contributed by atoms with Crippen LogP contribution in [0.2, 0.25) is 0 Å². The van der Waals surface area contributed by atoms with Gasteiger partial charge in [0.1, 0.15) is 17.9 Å². The molecule has 3 aromatic rings. The van der Waals surface area contributed by atoms with Crippen molar-refractivity contribution in [3.8, 4) is 0 Å². The van der Waals surface area contributed by atoms with Crippen molar-refractivity contribution in [1.82, 2.24) is 14.9 Å². The van der Waals surface area contributed by atoms with Gasteiger partial charge in [-0.15, -0.1) is 0 Å². The first-order valence-electron chi connectivity index (χ1n) is 12.3. The van der Waals surface area contributed by atoms with Gasteiger partial charge in [-0.3, -0.25) is 0 Å². The Bertz CT molecular complexity index is 1330. The second kappa shape index (κ2) is 12.5. The van der Waals surface area contributed by atoms with Crippen molar-refractivity contribution in [1.29, 1.82) is 0 Å². The van der Waals surface area contributed by atoms with Crippen LogP contribution < -0.4 is 10.0 Å². The van der Waals surface area contributed by atoms with Gasteiger partial charge in [0.2, 0.25) is 16.4 Å². The quantitative estimate of drug-likeness (QED) is 0.323. The molecule has 4 rings (SSSR count). The van der Waals surface area contributed by atoms with Gasteiger partial charge in [-0.1, -0.05) is 49.4 Å². The molecule has 0 radical (unpaired) electrons. The van der Waals surface area contributed by atoms with Gasteiger partial charge in [-0.05, 0) is 53.8 Å². The van der Waals surface area contributed by atoms with Crippen molar-refractivity contribution in [2.45, 2.75) is 49.7 Å². The van der Waals surface area contributed by atoms with E-state index in [1.54, 1.807) is 18.2 Å². The minimum Gasteiger partial charge on any atom is -0.462 e. The third kappa shape index (κ3) is 7.16. The van der Waals surface area contributed by atoms with E-state index in [0.717, 1.165) is 18.1 Å². The molecule has 1 aliphatic heterocycles. The lowest BCUT2D eigenvalue weighted by Crippen LogP contribution is -2.54. The van der Waals surface area contributed by atoms with Crippen molar-refractivity contribution < 1.29 is 27.0 Å². The third-order valence-corrected chi connectivity index (χ3v) is 7.70. The van der Waals surface area contributed by atoms with Crippen molar-refractivity contribution in [2.75, 3.05) is 6.54 Å². The number of benzene rings is 3. The molecule has 0 aromatic heterocycles. The first-order chi connectivity index (χ1) is 18.2. The Morgan fingerprint density at radius 2 is 1.68 bits per heavy atom. The summed E-state index contributed by atoms with van der Waals surface area (Å²) in [6.45, 7) is 2.72. The Balaban J connectivity index is 1.52. The fourth-order valence-electron chi connectivity index (χ4n) is 4.37. The fraction of sp³-hybridized carbons (Fsp3) is 0.286. The van der Waals surface area contributed by atoms with Crippen molar-refractivity contribution in [2.24, 2.45) is 0 Å². The van der Waals surface area contributed by atoms with E-state index in [4.69, 9.17) is 4.74 Å². The number of ether oxygens (including phenoxy) is 1. The third-order valence-electron chi connectivity index (χ3n) is 6.30. The van der Waals surface area contributed by atoms with E-state index >= 15 is 0 Å². The summed E-state index contributed by atoms with van der Waals surface area (Å²) in [6, 6.07) is 18.3. The number of halogens is 2. The largest absolute Gasteiger partial charge is 0.462 e. The highest BCUT2D eigenvalue weighted by molar-refractivity contribution is 7.89. The maximum absolute atomic E-state index is 13.9. The molecule has 0 bridgehead atoms. The molecular formula is C28H31F2N3O4S. The van der Waals surface area contributed by atoms with Gasteiger partial charge >= 0.3 is 0 Å². The predicted molar refractivity (Wildman–Crippen MR) is 140 cm³/mol. The molecular weight excluding hydrogens is 512 g/mol. The molecule has 0 amide bonds. The number of aryl methyl sites for hydroxylation is 1. The first-order valence-corrected chi connectivity index (χ1v) is 13.8. The van der Waals surface area contributed by atoms with E-state index in [1.165, 1.54) is 47.2 Å². The summed E-state index contributed by atoms with van der Waals surface area (Å²) < 4.78 is 61.8. The Labute approximate surface area is 221 Å². The molecule has 0 saturated carbocycles. The molecule has 202 valence electrons. The van der Waals surface area contributed by atoms with Crippen molar-refractivity contribution in [3.63, 3.8) is 0 Å². The molecule has 0 spiro atoms. The van der Waals surface area contributed by atoms with Crippen LogP contribution in [0.3, 0.4) is 0 Å². The topological polar surface area (TPSA) is 90.9 Å². The number of hydrogen-bond donors (Lipinski definition) is 3. The molecule has 3 N–H and O–H groups in total. The number of hydrogen-bond acceptors (Lipinski definition) is 6. The Kier molecular flexibility index (Phi) is 9.11. The van der Waals surface area contributed by atoms with Crippen LogP contribution in [0.1, 0.15) is 23.6 Å². The smallest absolute Gasteiger partial charge is 0.245 e. The second-order valence-electron chi connectivity index (χ2n) is 9.08. The molecule has 10 heteroatoms. The molecule has 3 atom stereocenters. The fourth-order valence-corrected chi connectivity index (χ4v) is 5.47. The summed E-state index contributed by atoms with van der Waals surface area (Å²) in [5.41, 5.74) is 2.56. The molecule has 1 aliphatic rings. The van der Waals surface area contributed by atoms with Gasteiger partial charge in [0.25, 0.3) is 0 Å². The van der Waals surface area contributed by atoms with E-state index in [-0.39, 0.29) is 17.9 Å². The Morgan fingerprint density at radius 1 is 0.974 bits per heavy atom. The summed E-state index contributed by atoms with van der Waals surface area (Å²) in [6.07, 6.45) is 1.54. The van der Waals surface area contributed by atoms with Gasteiger partial charge in [-0.2, -0.15) is 4.72 Å². The molecule has 7 nitrogen and oxygen atoms in total. The normalized spacial score (nSPS) is 16.8. The highest BCUT2D eigenvalue weighted by Crippen LogP contribution is 2.23. The lowest BCUT2D eigenvalue weighted by molar-refractivity contribution is -0.0190. The molecule has 38 heavy (non-hydrogen) atoms. The minimum atomic E-state index is -3.96. The Morgan fingerprint density at radius 3 is 2.39 bits per heavy atom. The number of aliphatic hydroxyl groups is 1. The number of aliphatic hydroxyl groups excluding tert-OH is 1. The van der Waals surface area contributed by atoms with Gasteiger partial charge in [0.05, 0.1) is 17.0 Å². The molecule has 1 heterocycles. The predicted octanol–water partition coefficient (Wildman–Crippen LogP) is 3.65. The SMILES string of the molecule is CCc1cccc(CNC[C@@H](O)[C@H](Cc2cc(F)cc(F)c2)N2C=COC2NS(=O)(=O)c2ccccc2)c1. The zero-order valence-electron chi connectivity index (χ0n) is 20.9. The summed E-state index contributed by atoms with van der Waals surface area (Å²) in [7, 11) is -3.96. The van der Waals surface area contributed by atoms with Gasteiger partial charge in [0.15, 0.2) is 0 Å². The van der Waals surface area contributed by atoms with E-state index in [9.17, 15) is 22.3 Å². The standard InChI is InChI=1S/C28H31F2N3O4S/c1-2-20-7-6-8-21(13-20)18-31-19-27(34)26(16-22-14-23(29)17-24(30)15-22)33-11-12-37-28(33)32-38(35,36)25-9-4-3-5-10-25/h3-15,17,26-28,31-32,34H,2,16,18-19H2,1H3/t26-,27+,28?/m0/s1. The van der Waals surface area contributed by atoms with Crippen LogP contribution >= 0.6 is 0 Å². The summed E-state index contributed by atoms with van der Waals surface area (Å²) in [4.78, 5) is 1.56. The van der Waals surface area contributed by atoms with Gasteiger partial charge in [0, 0.05) is 25.4 Å². The molecule has 0 saturated heterocycles. The first kappa shape index (κ1) is 27.7. The summed E-state index contributed by atoms with van der Waals surface area (Å²) in [5.74, 6) is -1.48. The minimum absolute atomic E-state index is 0.0279. The van der Waals surface area contributed by atoms with Gasteiger partial charge in [-0.25, -0.2) is 17.2 Å². The van der Waals surface area contributed by atoms with Crippen molar-refractivity contribution >= 4 is 10.0 Å². The molecule has 0 aliphatic carbocycles. The average molecular weight is 544 g/mol. The van der Waals surface area contributed by atoms with E-state index < -0.39 is 40.2 Å². The van der Waals surface area contributed by atoms with E-state index in [2.05, 4.69) is 23.0 Å². The van der Waals surface area contributed by atoms with Gasteiger partial charge < -0.3 is 20.1 Å². The van der Waals surface area contributed by atoms with Crippen LogP contribution in [0, 0.1) is 11.6 Å². The zero-order chi connectivity index (χ0) is 27.1.